The summed E-state index contributed by atoms with van der Waals surface area (Å²) in [6.07, 6.45) is 2.95. The molecule has 2 aromatic rings. The molecule has 4 nitrogen and oxygen atoms in total. The van der Waals surface area contributed by atoms with Gasteiger partial charge in [0, 0.05) is 11.1 Å². The molecule has 0 fully saturated rings. The van der Waals surface area contributed by atoms with E-state index < -0.39 is 0 Å². The first-order valence-electron chi connectivity index (χ1n) is 8.82. The van der Waals surface area contributed by atoms with Gasteiger partial charge in [0.1, 0.15) is 0 Å². The number of nitrogens with one attached hydrogen (secondary N) is 1. The van der Waals surface area contributed by atoms with Gasteiger partial charge in [-0.1, -0.05) is 49.4 Å². The van der Waals surface area contributed by atoms with Crippen molar-refractivity contribution in [3.63, 3.8) is 0 Å². The van der Waals surface area contributed by atoms with Gasteiger partial charge in [0.05, 0.1) is 13.1 Å². The monoisotopic (exact) mass is 350 g/mol. The van der Waals surface area contributed by atoms with Crippen LogP contribution in [0.15, 0.2) is 42.5 Å². The van der Waals surface area contributed by atoms with E-state index in [0.29, 0.717) is 17.7 Å². The van der Waals surface area contributed by atoms with Gasteiger partial charge in [-0.05, 0) is 48.7 Å². The van der Waals surface area contributed by atoms with E-state index in [1.54, 1.807) is 7.05 Å². The predicted molar refractivity (Wildman–Crippen MR) is 107 cm³/mol. The van der Waals surface area contributed by atoms with E-state index in [0.717, 1.165) is 28.7 Å². The van der Waals surface area contributed by atoms with Crippen molar-refractivity contribution in [1.29, 1.82) is 0 Å². The maximum absolute atomic E-state index is 11.9. The molecule has 0 heterocycles. The normalized spacial score (nSPS) is 11.5. The average Bonchev–Trinajstić information content (AvgIpc) is 2.67. The number of allylic oxidation sites excluding steroid dienone is 1. The number of nitrogens with two attached hydrogens (primary N) is 1. The lowest BCUT2D eigenvalue weighted by atomic mass is 9.96. The highest BCUT2D eigenvalue weighted by atomic mass is 16.1. The summed E-state index contributed by atoms with van der Waals surface area (Å²) in [5.41, 5.74) is 11.2. The molecule has 0 unspecified atom stereocenters. The summed E-state index contributed by atoms with van der Waals surface area (Å²) in [5.74, 6) is 0.0305. The van der Waals surface area contributed by atoms with Gasteiger partial charge in [-0.3, -0.25) is 9.59 Å². The standard InChI is InChI=1S/C22H26N2O2/c1-4-16-12-20(21(25)13-23)10-9-19(16)11-15(2)17-5-7-18(8-6-17)22(26)14-24-3/h5-12,24H,4,13-14,23H2,1-3H3. The molecular weight excluding hydrogens is 324 g/mol. The van der Waals surface area contributed by atoms with Crippen LogP contribution in [0.2, 0.25) is 0 Å². The fraction of sp³-hybridized carbons (Fsp3) is 0.273. The van der Waals surface area contributed by atoms with Crippen molar-refractivity contribution in [2.24, 2.45) is 5.73 Å². The van der Waals surface area contributed by atoms with Crippen LogP contribution >= 0.6 is 0 Å². The van der Waals surface area contributed by atoms with Gasteiger partial charge >= 0.3 is 0 Å². The molecule has 0 radical (unpaired) electrons. The zero-order chi connectivity index (χ0) is 19.1. The third-order valence-electron chi connectivity index (χ3n) is 4.40. The van der Waals surface area contributed by atoms with E-state index in [9.17, 15) is 9.59 Å². The highest BCUT2D eigenvalue weighted by Gasteiger charge is 2.08. The fourth-order valence-electron chi connectivity index (χ4n) is 2.84. The maximum Gasteiger partial charge on any atom is 0.176 e. The molecule has 0 aliphatic carbocycles. The summed E-state index contributed by atoms with van der Waals surface area (Å²) in [7, 11) is 1.76. The second-order valence-corrected chi connectivity index (χ2v) is 6.25. The Morgan fingerprint density at radius 1 is 1.00 bits per heavy atom. The van der Waals surface area contributed by atoms with Crippen molar-refractivity contribution in [2.45, 2.75) is 20.3 Å². The number of Topliss-reactive ketones (excluding diaryl/α,β-unsaturated/α-hetero) is 2. The molecule has 2 aromatic carbocycles. The maximum atomic E-state index is 11.9. The Hall–Kier alpha value is -2.56. The van der Waals surface area contributed by atoms with Gasteiger partial charge < -0.3 is 11.1 Å². The van der Waals surface area contributed by atoms with Crippen LogP contribution in [0.5, 0.6) is 0 Å². The zero-order valence-corrected chi connectivity index (χ0v) is 15.6. The molecule has 0 atom stereocenters. The van der Waals surface area contributed by atoms with Crippen molar-refractivity contribution in [2.75, 3.05) is 20.1 Å². The van der Waals surface area contributed by atoms with Crippen LogP contribution in [0.25, 0.3) is 11.6 Å². The molecule has 0 bridgehead atoms. The second kappa shape index (κ2) is 9.22. The lowest BCUT2D eigenvalue weighted by Crippen LogP contribution is -2.18. The zero-order valence-electron chi connectivity index (χ0n) is 15.6. The van der Waals surface area contributed by atoms with Crippen molar-refractivity contribution >= 4 is 23.2 Å². The minimum atomic E-state index is -0.0474. The van der Waals surface area contributed by atoms with Crippen molar-refractivity contribution in [3.8, 4) is 0 Å². The number of likely N-dealkylation sites (N-methyl/N-ethyl adjacent to an activating group) is 1. The summed E-state index contributed by atoms with van der Waals surface area (Å²) in [5, 5.41) is 2.87. The van der Waals surface area contributed by atoms with Crippen molar-refractivity contribution in [1.82, 2.24) is 5.32 Å². The van der Waals surface area contributed by atoms with Crippen LogP contribution in [0, 0.1) is 0 Å². The lowest BCUT2D eigenvalue weighted by Gasteiger charge is -2.09. The molecule has 2 rings (SSSR count). The third kappa shape index (κ3) is 4.75. The quantitative estimate of drug-likeness (QED) is 0.566. The van der Waals surface area contributed by atoms with Crippen LogP contribution in [-0.2, 0) is 6.42 Å². The number of rotatable bonds is 8. The number of aryl methyl sites for hydroxylation is 1. The Labute approximate surface area is 155 Å². The van der Waals surface area contributed by atoms with Gasteiger partial charge in [-0.15, -0.1) is 0 Å². The van der Waals surface area contributed by atoms with E-state index >= 15 is 0 Å². The molecule has 4 heteroatoms. The summed E-state index contributed by atoms with van der Waals surface area (Å²) >= 11 is 0. The summed E-state index contributed by atoms with van der Waals surface area (Å²) < 4.78 is 0. The number of hydrogen-bond acceptors (Lipinski definition) is 4. The van der Waals surface area contributed by atoms with Gasteiger partial charge in [0.2, 0.25) is 0 Å². The summed E-state index contributed by atoms with van der Waals surface area (Å²) in [6, 6.07) is 13.4. The molecule has 3 N–H and O–H groups in total. The van der Waals surface area contributed by atoms with Gasteiger partial charge in [-0.2, -0.15) is 0 Å². The first kappa shape index (κ1) is 19.8. The predicted octanol–water partition coefficient (Wildman–Crippen LogP) is 3.35. The molecule has 0 spiro atoms. The Morgan fingerprint density at radius 2 is 1.62 bits per heavy atom. The molecule has 0 aliphatic rings. The van der Waals surface area contributed by atoms with E-state index in [2.05, 4.69) is 18.3 Å². The summed E-state index contributed by atoms with van der Waals surface area (Å²) in [6.45, 7) is 4.47. The molecule has 0 saturated carbocycles. The highest BCUT2D eigenvalue weighted by Crippen LogP contribution is 2.22. The van der Waals surface area contributed by atoms with Crippen LogP contribution in [-0.4, -0.2) is 31.7 Å². The van der Waals surface area contributed by atoms with Crippen molar-refractivity contribution in [3.05, 3.63) is 70.3 Å². The second-order valence-electron chi connectivity index (χ2n) is 6.25. The van der Waals surface area contributed by atoms with Gasteiger partial charge in [0.15, 0.2) is 11.6 Å². The SMILES string of the molecule is CCc1cc(C(=O)CN)ccc1C=C(C)c1ccc(C(=O)CNC)cc1. The molecular formula is C22H26N2O2. The van der Waals surface area contributed by atoms with E-state index in [1.165, 1.54) is 0 Å². The Balaban J connectivity index is 2.28. The number of benzene rings is 2. The smallest absolute Gasteiger partial charge is 0.176 e. The number of carbonyl (C=O) groups is 2. The molecule has 0 aliphatic heterocycles. The van der Waals surface area contributed by atoms with E-state index in [4.69, 9.17) is 5.73 Å². The largest absolute Gasteiger partial charge is 0.324 e. The number of ketones is 2. The molecule has 0 aromatic heterocycles. The molecule has 26 heavy (non-hydrogen) atoms. The third-order valence-corrected chi connectivity index (χ3v) is 4.40. The first-order valence-corrected chi connectivity index (χ1v) is 8.82. The van der Waals surface area contributed by atoms with Crippen LogP contribution in [0.4, 0.5) is 0 Å². The van der Waals surface area contributed by atoms with Crippen LogP contribution in [0.1, 0.15) is 51.3 Å². The topological polar surface area (TPSA) is 72.2 Å². The Bertz CT molecular complexity index is 821. The molecule has 136 valence electrons. The van der Waals surface area contributed by atoms with E-state index in [-0.39, 0.29) is 18.1 Å². The molecule has 0 saturated heterocycles. The van der Waals surface area contributed by atoms with E-state index in [1.807, 2.05) is 49.4 Å². The Morgan fingerprint density at radius 3 is 2.19 bits per heavy atom. The number of hydrogen-bond donors (Lipinski definition) is 2. The first-order chi connectivity index (χ1) is 12.5. The lowest BCUT2D eigenvalue weighted by molar-refractivity contribution is 0.0988. The minimum absolute atomic E-state index is 0.0238. The minimum Gasteiger partial charge on any atom is -0.324 e. The highest BCUT2D eigenvalue weighted by molar-refractivity contribution is 5.99. The van der Waals surface area contributed by atoms with Gasteiger partial charge in [0.25, 0.3) is 0 Å². The average molecular weight is 350 g/mol. The Kier molecular flexibility index (Phi) is 7.01. The molecule has 0 amide bonds. The fourth-order valence-corrected chi connectivity index (χ4v) is 2.84. The van der Waals surface area contributed by atoms with Crippen LogP contribution < -0.4 is 11.1 Å². The van der Waals surface area contributed by atoms with Gasteiger partial charge in [-0.25, -0.2) is 0 Å². The number of carbonyl (C=O) groups excluding carboxylic acids is 2. The summed E-state index contributed by atoms with van der Waals surface area (Å²) in [4.78, 5) is 23.7. The van der Waals surface area contributed by atoms with Crippen molar-refractivity contribution < 1.29 is 9.59 Å². The van der Waals surface area contributed by atoms with Crippen LogP contribution in [0.3, 0.4) is 0 Å².